The van der Waals surface area contributed by atoms with Crippen LogP contribution in [0.5, 0.6) is 0 Å². The Labute approximate surface area is 191 Å². The molecule has 9 nitrogen and oxygen atoms in total. The van der Waals surface area contributed by atoms with Crippen LogP contribution in [0.1, 0.15) is 48.3 Å². The number of nitrogens with zero attached hydrogens (tertiary/aromatic N) is 3. The number of benzene rings is 1. The Morgan fingerprint density at radius 2 is 2.09 bits per heavy atom. The van der Waals surface area contributed by atoms with Crippen LogP contribution in [0.25, 0.3) is 0 Å². The Morgan fingerprint density at radius 1 is 1.31 bits per heavy atom. The summed E-state index contributed by atoms with van der Waals surface area (Å²) in [6, 6.07) is 6.57. The lowest BCUT2D eigenvalue weighted by Gasteiger charge is -2.28. The number of aryl methyl sites for hydroxylation is 1. The number of hydrogen-bond donors (Lipinski definition) is 0. The summed E-state index contributed by atoms with van der Waals surface area (Å²) in [4.78, 5) is 31.9. The highest BCUT2D eigenvalue weighted by Crippen LogP contribution is 2.26. The Hall–Kier alpha value is -2.40. The molecule has 1 fully saturated rings. The van der Waals surface area contributed by atoms with Gasteiger partial charge in [0, 0.05) is 17.5 Å². The number of rotatable bonds is 10. The molecular weight excluding hydrogens is 454 g/mol. The third-order valence-corrected chi connectivity index (χ3v) is 7.89. The highest BCUT2D eigenvalue weighted by Gasteiger charge is 2.34. The summed E-state index contributed by atoms with van der Waals surface area (Å²) >= 11 is 1.35. The number of thioether (sulfide) groups is 1. The van der Waals surface area contributed by atoms with E-state index in [1.165, 1.54) is 11.8 Å². The van der Waals surface area contributed by atoms with E-state index < -0.39 is 22.4 Å². The van der Waals surface area contributed by atoms with Crippen LogP contribution in [0.2, 0.25) is 0 Å². The smallest absolute Gasteiger partial charge is 0.339 e. The topological polar surface area (TPSA) is 120 Å². The van der Waals surface area contributed by atoms with Crippen molar-refractivity contribution in [2.45, 2.75) is 49.8 Å². The zero-order chi connectivity index (χ0) is 23.1. The summed E-state index contributed by atoms with van der Waals surface area (Å²) in [6.07, 6.45) is 2.04. The van der Waals surface area contributed by atoms with Crippen molar-refractivity contribution in [1.29, 1.82) is 0 Å². The van der Waals surface area contributed by atoms with Crippen molar-refractivity contribution >= 4 is 33.5 Å². The summed E-state index contributed by atoms with van der Waals surface area (Å²) in [5.41, 5.74) is 0.338. The van der Waals surface area contributed by atoms with Gasteiger partial charge in [-0.25, -0.2) is 13.2 Å². The SMILES string of the molecule is CCCCN(C(=O)COC(=O)c1ccccc1SCc1nc(C)no1)C1CCS(=O)(=O)C1. The van der Waals surface area contributed by atoms with Gasteiger partial charge in [0.25, 0.3) is 5.91 Å². The Morgan fingerprint density at radius 3 is 2.75 bits per heavy atom. The van der Waals surface area contributed by atoms with E-state index in [1.54, 1.807) is 36.1 Å². The maximum Gasteiger partial charge on any atom is 0.339 e. The minimum atomic E-state index is -3.13. The Balaban J connectivity index is 1.61. The summed E-state index contributed by atoms with van der Waals surface area (Å²) in [5, 5.41) is 3.74. The molecule has 11 heteroatoms. The summed E-state index contributed by atoms with van der Waals surface area (Å²) in [6.45, 7) is 3.74. The number of carbonyl (C=O) groups is 2. The first-order valence-electron chi connectivity index (χ1n) is 10.5. The third-order valence-electron chi connectivity index (χ3n) is 5.08. The molecule has 0 bridgehead atoms. The lowest BCUT2D eigenvalue weighted by atomic mass is 10.2. The minimum absolute atomic E-state index is 0.0367. The number of hydrogen-bond acceptors (Lipinski definition) is 9. The molecule has 1 aromatic carbocycles. The standard InChI is InChI=1S/C21H27N3O6S2/c1-3-4-10-24(16-9-11-32(27,28)14-16)20(25)12-29-21(26)17-7-5-6-8-18(17)31-13-19-22-15(2)23-30-19/h5-8,16H,3-4,9-14H2,1-2H3. The zero-order valence-electron chi connectivity index (χ0n) is 18.2. The van der Waals surface area contributed by atoms with Gasteiger partial charge in [0.05, 0.1) is 22.8 Å². The van der Waals surface area contributed by atoms with Gasteiger partial charge < -0.3 is 14.2 Å². The van der Waals surface area contributed by atoms with Gasteiger partial charge in [-0.1, -0.05) is 30.6 Å². The molecule has 1 amide bonds. The molecular formula is C21H27N3O6S2. The monoisotopic (exact) mass is 481 g/mol. The first kappa shape index (κ1) is 24.2. The van der Waals surface area contributed by atoms with Crippen LogP contribution < -0.4 is 0 Å². The van der Waals surface area contributed by atoms with Gasteiger partial charge in [-0.3, -0.25) is 4.79 Å². The highest BCUT2D eigenvalue weighted by atomic mass is 32.2. The Bertz CT molecular complexity index is 1050. The fraction of sp³-hybridized carbons (Fsp3) is 0.524. The van der Waals surface area contributed by atoms with Crippen LogP contribution in [0.3, 0.4) is 0 Å². The third kappa shape index (κ3) is 6.55. The molecule has 1 aliphatic heterocycles. The number of unbranched alkanes of at least 4 members (excludes halogenated alkanes) is 1. The van der Waals surface area contributed by atoms with Gasteiger partial charge in [-0.2, -0.15) is 4.98 Å². The van der Waals surface area contributed by atoms with Crippen molar-refractivity contribution in [1.82, 2.24) is 15.0 Å². The largest absolute Gasteiger partial charge is 0.452 e. The maximum absolute atomic E-state index is 12.8. The van der Waals surface area contributed by atoms with E-state index in [1.807, 2.05) is 6.92 Å². The summed E-state index contributed by atoms with van der Waals surface area (Å²) < 4.78 is 34.1. The first-order chi connectivity index (χ1) is 15.3. The number of sulfone groups is 1. The summed E-state index contributed by atoms with van der Waals surface area (Å²) in [5.74, 6) is 0.435. The van der Waals surface area contributed by atoms with Crippen LogP contribution in [0, 0.1) is 6.92 Å². The molecule has 2 aromatic rings. The fourth-order valence-electron chi connectivity index (χ4n) is 3.45. The zero-order valence-corrected chi connectivity index (χ0v) is 19.8. The van der Waals surface area contributed by atoms with E-state index in [0.717, 1.165) is 12.8 Å². The molecule has 0 N–H and O–H groups in total. The van der Waals surface area contributed by atoms with Crippen molar-refractivity contribution in [3.05, 3.63) is 41.5 Å². The van der Waals surface area contributed by atoms with Crippen molar-refractivity contribution < 1.29 is 27.3 Å². The molecule has 1 aliphatic rings. The quantitative estimate of drug-likeness (QED) is 0.372. The molecule has 0 radical (unpaired) electrons. The van der Waals surface area contributed by atoms with Gasteiger partial charge in [0.1, 0.15) is 0 Å². The van der Waals surface area contributed by atoms with Gasteiger partial charge in [0.15, 0.2) is 22.3 Å². The lowest BCUT2D eigenvalue weighted by molar-refractivity contribution is -0.136. The predicted octanol–water partition coefficient (Wildman–Crippen LogP) is 2.64. The van der Waals surface area contributed by atoms with Crippen LogP contribution in [-0.2, 0) is 25.1 Å². The van der Waals surface area contributed by atoms with Crippen molar-refractivity contribution in [2.75, 3.05) is 24.7 Å². The molecule has 1 atom stereocenters. The number of esters is 1. The van der Waals surface area contributed by atoms with Crippen molar-refractivity contribution in [3.63, 3.8) is 0 Å². The van der Waals surface area contributed by atoms with E-state index in [-0.39, 0.29) is 23.5 Å². The van der Waals surface area contributed by atoms with E-state index in [2.05, 4.69) is 10.1 Å². The molecule has 3 rings (SSSR count). The molecule has 0 spiro atoms. The van der Waals surface area contributed by atoms with Gasteiger partial charge in [0.2, 0.25) is 5.89 Å². The lowest BCUT2D eigenvalue weighted by Crippen LogP contribution is -2.43. The second-order valence-electron chi connectivity index (χ2n) is 7.59. The number of aromatic nitrogens is 2. The Kier molecular flexibility index (Phi) is 8.30. The molecule has 1 saturated heterocycles. The number of carbonyl (C=O) groups excluding carboxylic acids is 2. The molecule has 1 aromatic heterocycles. The fourth-order valence-corrected chi connectivity index (χ4v) is 6.06. The maximum atomic E-state index is 12.8. The van der Waals surface area contributed by atoms with Crippen LogP contribution in [0.4, 0.5) is 0 Å². The van der Waals surface area contributed by atoms with Gasteiger partial charge in [-0.05, 0) is 31.9 Å². The van der Waals surface area contributed by atoms with Crippen molar-refractivity contribution in [3.8, 4) is 0 Å². The van der Waals surface area contributed by atoms with E-state index >= 15 is 0 Å². The van der Waals surface area contributed by atoms with E-state index in [4.69, 9.17) is 9.26 Å². The van der Waals surface area contributed by atoms with Crippen molar-refractivity contribution in [2.24, 2.45) is 0 Å². The van der Waals surface area contributed by atoms with E-state index in [9.17, 15) is 18.0 Å². The van der Waals surface area contributed by atoms with Gasteiger partial charge in [-0.15, -0.1) is 11.8 Å². The van der Waals surface area contributed by atoms with Crippen LogP contribution in [0.15, 0.2) is 33.7 Å². The normalized spacial score (nSPS) is 17.2. The van der Waals surface area contributed by atoms with E-state index in [0.29, 0.717) is 40.9 Å². The molecule has 1 unspecified atom stereocenters. The molecule has 32 heavy (non-hydrogen) atoms. The summed E-state index contributed by atoms with van der Waals surface area (Å²) in [7, 11) is -3.13. The van der Waals surface area contributed by atoms with Gasteiger partial charge >= 0.3 is 5.97 Å². The highest BCUT2D eigenvalue weighted by molar-refractivity contribution is 7.98. The number of ether oxygens (including phenoxy) is 1. The second kappa shape index (κ2) is 11.0. The number of amides is 1. The molecule has 2 heterocycles. The van der Waals surface area contributed by atoms with Crippen LogP contribution >= 0.6 is 11.8 Å². The molecule has 0 saturated carbocycles. The van der Waals surface area contributed by atoms with Crippen LogP contribution in [-0.4, -0.2) is 66.0 Å². The molecule has 174 valence electrons. The molecule has 0 aliphatic carbocycles. The minimum Gasteiger partial charge on any atom is -0.452 e. The average molecular weight is 482 g/mol. The first-order valence-corrected chi connectivity index (χ1v) is 13.3. The second-order valence-corrected chi connectivity index (χ2v) is 10.8. The average Bonchev–Trinajstić information content (AvgIpc) is 3.35. The predicted molar refractivity (Wildman–Crippen MR) is 119 cm³/mol.